The highest BCUT2D eigenvalue weighted by Gasteiger charge is 2.17. The van der Waals surface area contributed by atoms with Crippen LogP contribution in [0.4, 0.5) is 0 Å². The largest absolute Gasteiger partial charge is 0.464 e. The van der Waals surface area contributed by atoms with Crippen LogP contribution < -0.4 is 5.32 Å². The maximum atomic E-state index is 12.5. The Kier molecular flexibility index (Phi) is 4.63. The summed E-state index contributed by atoms with van der Waals surface area (Å²) in [5.41, 5.74) is 3.23. The molecule has 5 heteroatoms. The minimum atomic E-state index is 0.0452. The lowest BCUT2D eigenvalue weighted by Crippen LogP contribution is -2.37. The Labute approximate surface area is 167 Å². The summed E-state index contributed by atoms with van der Waals surface area (Å²) in [5, 5.41) is 8.60. The number of nitrogens with one attached hydrogen (secondary N) is 1. The average Bonchev–Trinajstić information content (AvgIpc) is 3.34. The first-order valence-electron chi connectivity index (χ1n) is 9.70. The quantitative estimate of drug-likeness (QED) is 0.551. The molecule has 2 aromatic heterocycles. The lowest BCUT2D eigenvalue weighted by molar-refractivity contribution is -0.120. The Morgan fingerprint density at radius 1 is 1.18 bits per heavy atom. The summed E-state index contributed by atoms with van der Waals surface area (Å²) in [6, 6.07) is 14.5. The Balaban J connectivity index is 1.22. The van der Waals surface area contributed by atoms with Gasteiger partial charge in [0.25, 0.3) is 0 Å². The summed E-state index contributed by atoms with van der Waals surface area (Å²) in [6.45, 7) is 3.62. The molecule has 1 N–H and O–H groups in total. The van der Waals surface area contributed by atoms with E-state index in [1.165, 1.54) is 10.4 Å². The lowest BCUT2D eigenvalue weighted by atomic mass is 10.0. The van der Waals surface area contributed by atoms with E-state index in [0.29, 0.717) is 13.0 Å². The summed E-state index contributed by atoms with van der Waals surface area (Å²) in [6.07, 6.45) is 3.18. The first-order valence-corrected chi connectivity index (χ1v) is 10.6. The Hall–Kier alpha value is -2.63. The molecule has 0 saturated carbocycles. The van der Waals surface area contributed by atoms with Crippen LogP contribution in [0.1, 0.15) is 16.0 Å². The number of thiophene rings is 1. The number of nitrogens with zero attached hydrogens (tertiary/aromatic N) is 1. The zero-order valence-corrected chi connectivity index (χ0v) is 16.4. The average molecular weight is 391 g/mol. The number of furan rings is 1. The molecule has 0 aliphatic carbocycles. The van der Waals surface area contributed by atoms with Crippen LogP contribution in [0.3, 0.4) is 0 Å². The van der Waals surface area contributed by atoms with Crippen molar-refractivity contribution < 1.29 is 9.21 Å². The summed E-state index contributed by atoms with van der Waals surface area (Å²) < 4.78 is 5.70. The van der Waals surface area contributed by atoms with Gasteiger partial charge in [-0.1, -0.05) is 30.3 Å². The molecule has 2 aromatic carbocycles. The molecule has 4 aromatic rings. The smallest absolute Gasteiger partial charge is 0.224 e. The molecule has 28 heavy (non-hydrogen) atoms. The van der Waals surface area contributed by atoms with Gasteiger partial charge in [-0.3, -0.25) is 9.69 Å². The van der Waals surface area contributed by atoms with Crippen molar-refractivity contribution >= 4 is 39.0 Å². The van der Waals surface area contributed by atoms with Gasteiger partial charge in [0.1, 0.15) is 5.58 Å². The van der Waals surface area contributed by atoms with E-state index >= 15 is 0 Å². The highest BCUT2D eigenvalue weighted by atomic mass is 32.1. The standard InChI is InChI=1S/C23H22N2O2S/c26-22(24-9-11-25-10-7-21-17(14-25)8-12-28-21)13-18-15-27-20-6-5-16-3-1-2-4-19(16)23(18)20/h1-6,8,12,15H,7,9-11,13-14H2,(H,24,26). The van der Waals surface area contributed by atoms with Crippen LogP contribution in [0.2, 0.25) is 0 Å². The van der Waals surface area contributed by atoms with Crippen LogP contribution in [-0.2, 0) is 24.2 Å². The van der Waals surface area contributed by atoms with Crippen molar-refractivity contribution in [3.05, 3.63) is 70.1 Å². The maximum absolute atomic E-state index is 12.5. The fourth-order valence-electron chi connectivity index (χ4n) is 4.09. The monoisotopic (exact) mass is 390 g/mol. The van der Waals surface area contributed by atoms with Crippen molar-refractivity contribution in [3.63, 3.8) is 0 Å². The Bertz CT molecular complexity index is 1140. The zero-order chi connectivity index (χ0) is 18.9. The minimum Gasteiger partial charge on any atom is -0.464 e. The molecule has 3 heterocycles. The molecule has 5 rings (SSSR count). The van der Waals surface area contributed by atoms with E-state index in [1.54, 1.807) is 6.26 Å². The zero-order valence-electron chi connectivity index (χ0n) is 15.6. The number of hydrogen-bond acceptors (Lipinski definition) is 4. The molecule has 0 bridgehead atoms. The predicted molar refractivity (Wildman–Crippen MR) is 114 cm³/mol. The second kappa shape index (κ2) is 7.41. The van der Waals surface area contributed by atoms with Crippen molar-refractivity contribution in [3.8, 4) is 0 Å². The van der Waals surface area contributed by atoms with Gasteiger partial charge in [-0.2, -0.15) is 0 Å². The number of rotatable bonds is 5. The van der Waals surface area contributed by atoms with Crippen LogP contribution in [0.5, 0.6) is 0 Å². The van der Waals surface area contributed by atoms with E-state index in [4.69, 9.17) is 4.42 Å². The molecule has 1 aliphatic heterocycles. The summed E-state index contributed by atoms with van der Waals surface area (Å²) in [7, 11) is 0. The summed E-state index contributed by atoms with van der Waals surface area (Å²) in [4.78, 5) is 16.4. The Morgan fingerprint density at radius 2 is 2.11 bits per heavy atom. The Morgan fingerprint density at radius 3 is 3.07 bits per heavy atom. The molecule has 1 amide bonds. The highest BCUT2D eigenvalue weighted by Crippen LogP contribution is 2.30. The van der Waals surface area contributed by atoms with Crippen LogP contribution in [0.25, 0.3) is 21.7 Å². The van der Waals surface area contributed by atoms with E-state index < -0.39 is 0 Å². The number of amides is 1. The van der Waals surface area contributed by atoms with Gasteiger partial charge < -0.3 is 9.73 Å². The molecular weight excluding hydrogens is 368 g/mol. The number of benzene rings is 2. The number of fused-ring (bicyclic) bond motifs is 4. The second-order valence-corrected chi connectivity index (χ2v) is 8.34. The SMILES string of the molecule is O=C(Cc1coc2ccc3ccccc3c12)NCCN1CCc2sccc2C1. The van der Waals surface area contributed by atoms with Gasteiger partial charge in [0.15, 0.2) is 0 Å². The number of carbonyl (C=O) groups is 1. The van der Waals surface area contributed by atoms with Crippen LogP contribution >= 0.6 is 11.3 Å². The summed E-state index contributed by atoms with van der Waals surface area (Å²) >= 11 is 1.85. The lowest BCUT2D eigenvalue weighted by Gasteiger charge is -2.26. The molecule has 0 spiro atoms. The van der Waals surface area contributed by atoms with E-state index in [1.807, 2.05) is 29.5 Å². The number of carbonyl (C=O) groups excluding carboxylic acids is 1. The van der Waals surface area contributed by atoms with Gasteiger partial charge in [-0.05, 0) is 40.3 Å². The van der Waals surface area contributed by atoms with Crippen molar-refractivity contribution in [2.24, 2.45) is 0 Å². The third-order valence-corrected chi connectivity index (χ3v) is 6.55. The first-order chi connectivity index (χ1) is 13.8. The molecule has 0 fully saturated rings. The molecule has 0 atom stereocenters. The van der Waals surface area contributed by atoms with Gasteiger partial charge in [0.2, 0.25) is 5.91 Å². The number of hydrogen-bond donors (Lipinski definition) is 1. The van der Waals surface area contributed by atoms with Gasteiger partial charge in [-0.25, -0.2) is 0 Å². The van der Waals surface area contributed by atoms with E-state index in [9.17, 15) is 4.79 Å². The van der Waals surface area contributed by atoms with E-state index in [2.05, 4.69) is 39.9 Å². The second-order valence-electron chi connectivity index (χ2n) is 7.34. The molecule has 1 aliphatic rings. The van der Waals surface area contributed by atoms with E-state index in [0.717, 1.165) is 53.4 Å². The first kappa shape index (κ1) is 17.5. The van der Waals surface area contributed by atoms with Crippen molar-refractivity contribution in [1.29, 1.82) is 0 Å². The van der Waals surface area contributed by atoms with Crippen molar-refractivity contribution in [1.82, 2.24) is 10.2 Å². The van der Waals surface area contributed by atoms with Gasteiger partial charge >= 0.3 is 0 Å². The third-order valence-electron chi connectivity index (χ3n) is 5.53. The van der Waals surface area contributed by atoms with Crippen LogP contribution in [-0.4, -0.2) is 30.4 Å². The molecular formula is C23H22N2O2S. The summed E-state index contributed by atoms with van der Waals surface area (Å²) in [5.74, 6) is 0.0452. The molecule has 4 nitrogen and oxygen atoms in total. The van der Waals surface area contributed by atoms with Gasteiger partial charge in [-0.15, -0.1) is 11.3 Å². The third kappa shape index (κ3) is 3.32. The van der Waals surface area contributed by atoms with Crippen molar-refractivity contribution in [2.75, 3.05) is 19.6 Å². The topological polar surface area (TPSA) is 45.5 Å². The molecule has 0 radical (unpaired) electrons. The van der Waals surface area contributed by atoms with Gasteiger partial charge in [0, 0.05) is 42.0 Å². The molecule has 0 saturated heterocycles. The molecule has 0 unspecified atom stereocenters. The fraction of sp³-hybridized carbons (Fsp3) is 0.261. The van der Waals surface area contributed by atoms with Crippen molar-refractivity contribution in [2.45, 2.75) is 19.4 Å². The van der Waals surface area contributed by atoms with Gasteiger partial charge in [0.05, 0.1) is 12.7 Å². The van der Waals surface area contributed by atoms with Crippen LogP contribution in [0.15, 0.2) is 58.5 Å². The van der Waals surface area contributed by atoms with E-state index in [-0.39, 0.29) is 5.91 Å². The fourth-order valence-corrected chi connectivity index (χ4v) is 4.98. The molecule has 142 valence electrons. The maximum Gasteiger partial charge on any atom is 0.224 e. The minimum absolute atomic E-state index is 0.0452. The normalized spacial score (nSPS) is 14.4. The highest BCUT2D eigenvalue weighted by molar-refractivity contribution is 7.10. The van der Waals surface area contributed by atoms with Crippen LogP contribution in [0, 0.1) is 0 Å². The predicted octanol–water partition coefficient (Wildman–Crippen LogP) is 4.36.